The smallest absolute Gasteiger partial charge is 0.122 e. The van der Waals surface area contributed by atoms with Crippen molar-refractivity contribution in [1.82, 2.24) is 5.32 Å². The Hall–Kier alpha value is -1.06. The van der Waals surface area contributed by atoms with Crippen molar-refractivity contribution in [2.45, 2.75) is 19.8 Å². The summed E-state index contributed by atoms with van der Waals surface area (Å²) in [4.78, 5) is 0. The van der Waals surface area contributed by atoms with E-state index in [1.54, 1.807) is 0 Å². The summed E-state index contributed by atoms with van der Waals surface area (Å²) in [6, 6.07) is 7.88. The van der Waals surface area contributed by atoms with E-state index in [-0.39, 0.29) is 6.61 Å². The van der Waals surface area contributed by atoms with Gasteiger partial charge in [-0.2, -0.15) is 0 Å². The molecule has 16 heavy (non-hydrogen) atoms. The average molecular weight is 223 g/mol. The average Bonchev–Trinajstić information content (AvgIpc) is 2.31. The van der Waals surface area contributed by atoms with Crippen molar-refractivity contribution in [3.05, 3.63) is 29.8 Å². The summed E-state index contributed by atoms with van der Waals surface area (Å²) in [6.07, 6.45) is 1.66. The molecule has 0 fully saturated rings. The number of ether oxygens (including phenoxy) is 1. The molecule has 1 aromatic carbocycles. The van der Waals surface area contributed by atoms with Gasteiger partial charge in [0, 0.05) is 6.61 Å². The van der Waals surface area contributed by atoms with Crippen molar-refractivity contribution in [2.24, 2.45) is 0 Å². The Morgan fingerprint density at radius 1 is 1.31 bits per heavy atom. The van der Waals surface area contributed by atoms with Gasteiger partial charge in [0.15, 0.2) is 0 Å². The highest BCUT2D eigenvalue weighted by atomic mass is 16.5. The fourth-order valence-corrected chi connectivity index (χ4v) is 1.53. The molecule has 0 aliphatic rings. The van der Waals surface area contributed by atoms with E-state index in [0.717, 1.165) is 37.4 Å². The first-order valence-corrected chi connectivity index (χ1v) is 5.90. The van der Waals surface area contributed by atoms with Crippen molar-refractivity contribution < 1.29 is 9.84 Å². The molecule has 0 aromatic heterocycles. The van der Waals surface area contributed by atoms with E-state index < -0.39 is 0 Å². The molecule has 3 nitrogen and oxygen atoms in total. The molecule has 0 heterocycles. The maximum absolute atomic E-state index is 8.92. The maximum atomic E-state index is 8.92. The molecule has 0 saturated carbocycles. The van der Waals surface area contributed by atoms with Crippen molar-refractivity contribution in [1.29, 1.82) is 0 Å². The minimum Gasteiger partial charge on any atom is -0.493 e. The second kappa shape index (κ2) is 8.13. The van der Waals surface area contributed by atoms with E-state index in [0.29, 0.717) is 6.42 Å². The van der Waals surface area contributed by atoms with Crippen LogP contribution in [0.2, 0.25) is 0 Å². The van der Waals surface area contributed by atoms with Gasteiger partial charge in [-0.25, -0.2) is 0 Å². The Morgan fingerprint density at radius 2 is 2.12 bits per heavy atom. The molecule has 0 radical (unpaired) electrons. The van der Waals surface area contributed by atoms with Gasteiger partial charge in [0.1, 0.15) is 5.75 Å². The van der Waals surface area contributed by atoms with Gasteiger partial charge in [-0.05, 0) is 37.6 Å². The monoisotopic (exact) mass is 223 g/mol. The summed E-state index contributed by atoms with van der Waals surface area (Å²) in [7, 11) is 0. The second-order valence-electron chi connectivity index (χ2n) is 3.64. The van der Waals surface area contributed by atoms with Crippen molar-refractivity contribution in [2.75, 3.05) is 26.3 Å². The fourth-order valence-electron chi connectivity index (χ4n) is 1.53. The summed E-state index contributed by atoms with van der Waals surface area (Å²) in [5.41, 5.74) is 1.08. The highest BCUT2D eigenvalue weighted by molar-refractivity contribution is 5.33. The number of nitrogens with one attached hydrogen (secondary N) is 1. The minimum atomic E-state index is 0.164. The van der Waals surface area contributed by atoms with Crippen LogP contribution in [0, 0.1) is 0 Å². The number of hydrogen-bond donors (Lipinski definition) is 2. The van der Waals surface area contributed by atoms with Gasteiger partial charge in [0.05, 0.1) is 6.61 Å². The molecule has 1 rings (SSSR count). The summed E-state index contributed by atoms with van der Waals surface area (Å²) in [5, 5.41) is 12.2. The minimum absolute atomic E-state index is 0.164. The molecule has 1 aromatic rings. The number of rotatable bonds is 8. The normalized spacial score (nSPS) is 10.4. The molecule has 0 aliphatic carbocycles. The van der Waals surface area contributed by atoms with Crippen molar-refractivity contribution >= 4 is 0 Å². The lowest BCUT2D eigenvalue weighted by Crippen LogP contribution is -2.16. The number of aliphatic hydroxyl groups excluding tert-OH is 1. The highest BCUT2D eigenvalue weighted by Crippen LogP contribution is 2.18. The number of para-hydroxylation sites is 1. The zero-order valence-electron chi connectivity index (χ0n) is 9.91. The van der Waals surface area contributed by atoms with Crippen LogP contribution >= 0.6 is 0 Å². The second-order valence-corrected chi connectivity index (χ2v) is 3.64. The zero-order valence-corrected chi connectivity index (χ0v) is 9.91. The topological polar surface area (TPSA) is 41.5 Å². The molecule has 2 N–H and O–H groups in total. The van der Waals surface area contributed by atoms with Crippen LogP contribution in [0.1, 0.15) is 18.9 Å². The van der Waals surface area contributed by atoms with Crippen molar-refractivity contribution in [3.63, 3.8) is 0 Å². The summed E-state index contributed by atoms with van der Waals surface area (Å²) in [5.74, 6) is 0.896. The first-order valence-electron chi connectivity index (χ1n) is 5.90. The summed E-state index contributed by atoms with van der Waals surface area (Å²) in [6.45, 7) is 4.96. The zero-order chi connectivity index (χ0) is 11.6. The first kappa shape index (κ1) is 13.0. The molecule has 0 spiro atoms. The SMILES string of the molecule is CCNCCCOc1ccccc1CCO. The van der Waals surface area contributed by atoms with Gasteiger partial charge >= 0.3 is 0 Å². The van der Waals surface area contributed by atoms with E-state index in [2.05, 4.69) is 12.2 Å². The third-order valence-corrected chi connectivity index (χ3v) is 2.36. The van der Waals surface area contributed by atoms with Gasteiger partial charge in [0.2, 0.25) is 0 Å². The first-order chi connectivity index (χ1) is 7.88. The lowest BCUT2D eigenvalue weighted by molar-refractivity contribution is 0.285. The third kappa shape index (κ3) is 4.64. The largest absolute Gasteiger partial charge is 0.493 e. The van der Waals surface area contributed by atoms with E-state index in [1.807, 2.05) is 24.3 Å². The standard InChI is InChI=1S/C13H21NO2/c1-2-14-9-5-11-16-13-7-4-3-6-12(13)8-10-15/h3-4,6-7,14-15H,2,5,8-11H2,1H3. The Bertz CT molecular complexity index is 289. The van der Waals surface area contributed by atoms with Crippen LogP contribution < -0.4 is 10.1 Å². The number of benzene rings is 1. The van der Waals surface area contributed by atoms with E-state index in [4.69, 9.17) is 9.84 Å². The van der Waals surface area contributed by atoms with Gasteiger partial charge in [-0.3, -0.25) is 0 Å². The van der Waals surface area contributed by atoms with Crippen LogP contribution in [0.5, 0.6) is 5.75 Å². The van der Waals surface area contributed by atoms with Crippen LogP contribution in [0.3, 0.4) is 0 Å². The maximum Gasteiger partial charge on any atom is 0.122 e. The van der Waals surface area contributed by atoms with Gasteiger partial charge in [-0.1, -0.05) is 25.1 Å². The molecular weight excluding hydrogens is 202 g/mol. The molecule has 0 aliphatic heterocycles. The van der Waals surface area contributed by atoms with Gasteiger partial charge in [-0.15, -0.1) is 0 Å². The lowest BCUT2D eigenvalue weighted by Gasteiger charge is -2.10. The van der Waals surface area contributed by atoms with E-state index >= 15 is 0 Å². The molecule has 0 saturated heterocycles. The number of aliphatic hydroxyl groups is 1. The van der Waals surface area contributed by atoms with Crippen molar-refractivity contribution in [3.8, 4) is 5.75 Å². The van der Waals surface area contributed by atoms with Crippen LogP contribution in [-0.2, 0) is 6.42 Å². The third-order valence-electron chi connectivity index (χ3n) is 2.36. The van der Waals surface area contributed by atoms with Gasteiger partial charge < -0.3 is 15.2 Å². The number of hydrogen-bond acceptors (Lipinski definition) is 3. The molecule has 0 bridgehead atoms. The molecule has 90 valence electrons. The van der Waals surface area contributed by atoms with Crippen LogP contribution in [0.15, 0.2) is 24.3 Å². The lowest BCUT2D eigenvalue weighted by atomic mass is 10.1. The fraction of sp³-hybridized carbons (Fsp3) is 0.538. The van der Waals surface area contributed by atoms with E-state index in [1.165, 1.54) is 0 Å². The quantitative estimate of drug-likeness (QED) is 0.658. The van der Waals surface area contributed by atoms with Crippen LogP contribution in [-0.4, -0.2) is 31.4 Å². The molecule has 0 amide bonds. The molecular formula is C13H21NO2. The predicted molar refractivity (Wildman–Crippen MR) is 65.9 cm³/mol. The van der Waals surface area contributed by atoms with Gasteiger partial charge in [0.25, 0.3) is 0 Å². The molecule has 3 heteroatoms. The van der Waals surface area contributed by atoms with Crippen LogP contribution in [0.25, 0.3) is 0 Å². The molecule has 0 atom stereocenters. The highest BCUT2D eigenvalue weighted by Gasteiger charge is 2.01. The molecule has 0 unspecified atom stereocenters. The Kier molecular flexibility index (Phi) is 6.61. The predicted octanol–water partition coefficient (Wildman–Crippen LogP) is 1.60. The van der Waals surface area contributed by atoms with E-state index in [9.17, 15) is 0 Å². The summed E-state index contributed by atoms with van der Waals surface area (Å²) < 4.78 is 5.69. The Labute approximate surface area is 97.4 Å². The Balaban J connectivity index is 2.34. The van der Waals surface area contributed by atoms with Crippen LogP contribution in [0.4, 0.5) is 0 Å². The Morgan fingerprint density at radius 3 is 2.88 bits per heavy atom. The summed E-state index contributed by atoms with van der Waals surface area (Å²) >= 11 is 0.